The summed E-state index contributed by atoms with van der Waals surface area (Å²) in [6, 6.07) is 13.4. The van der Waals surface area contributed by atoms with E-state index in [1.54, 1.807) is 37.4 Å². The number of benzene rings is 2. The topological polar surface area (TPSA) is 88.5 Å². The normalized spacial score (nSPS) is 20.5. The van der Waals surface area contributed by atoms with Crippen LogP contribution in [-0.4, -0.2) is 79.2 Å². The number of hydrogen-bond donors (Lipinski definition) is 1. The molecule has 2 heterocycles. The van der Waals surface area contributed by atoms with Gasteiger partial charge in [0.25, 0.3) is 11.7 Å². The molecule has 1 amide bonds. The molecule has 2 saturated heterocycles. The fourth-order valence-corrected chi connectivity index (χ4v) is 4.52. The van der Waals surface area contributed by atoms with Crippen LogP contribution in [0.15, 0.2) is 54.1 Å². The van der Waals surface area contributed by atoms with E-state index in [9.17, 15) is 14.7 Å². The summed E-state index contributed by atoms with van der Waals surface area (Å²) in [6.07, 6.45) is 0.0109. The zero-order valence-electron chi connectivity index (χ0n) is 20.4. The summed E-state index contributed by atoms with van der Waals surface area (Å²) < 4.78 is 16.7. The van der Waals surface area contributed by atoms with E-state index >= 15 is 0 Å². The summed E-state index contributed by atoms with van der Waals surface area (Å²) in [5.74, 6) is -0.353. The molecule has 0 aliphatic carbocycles. The van der Waals surface area contributed by atoms with Gasteiger partial charge in [0.1, 0.15) is 17.3 Å². The lowest BCUT2D eigenvalue weighted by atomic mass is 9.94. The number of para-hydroxylation sites is 1. The number of carbonyl (C=O) groups excluding carboxylic acids is 2. The molecular weight excluding hydrogens is 448 g/mol. The van der Waals surface area contributed by atoms with Crippen LogP contribution in [0.1, 0.15) is 31.0 Å². The fourth-order valence-electron chi connectivity index (χ4n) is 4.52. The van der Waals surface area contributed by atoms with Crippen molar-refractivity contribution in [2.45, 2.75) is 26.0 Å². The first-order chi connectivity index (χ1) is 16.9. The molecule has 2 aliphatic rings. The first-order valence-electron chi connectivity index (χ1n) is 11.9. The Labute approximate surface area is 205 Å². The van der Waals surface area contributed by atoms with Gasteiger partial charge in [-0.1, -0.05) is 18.2 Å². The summed E-state index contributed by atoms with van der Waals surface area (Å²) >= 11 is 0. The minimum atomic E-state index is -0.765. The van der Waals surface area contributed by atoms with E-state index in [1.807, 2.05) is 32.0 Å². The lowest BCUT2D eigenvalue weighted by Crippen LogP contribution is -2.42. The highest BCUT2D eigenvalue weighted by atomic mass is 16.5. The molecule has 35 heavy (non-hydrogen) atoms. The Morgan fingerprint density at radius 3 is 2.40 bits per heavy atom. The van der Waals surface area contributed by atoms with Crippen LogP contribution in [0.5, 0.6) is 11.5 Å². The van der Waals surface area contributed by atoms with E-state index in [0.29, 0.717) is 48.9 Å². The second-order valence-corrected chi connectivity index (χ2v) is 8.88. The minimum absolute atomic E-state index is 0.0109. The molecule has 2 fully saturated rings. The number of methoxy groups -OCH3 is 1. The summed E-state index contributed by atoms with van der Waals surface area (Å²) in [7, 11) is 1.55. The third kappa shape index (κ3) is 5.33. The summed E-state index contributed by atoms with van der Waals surface area (Å²) in [5, 5.41) is 11.3. The first-order valence-corrected chi connectivity index (χ1v) is 11.9. The average Bonchev–Trinajstić information content (AvgIpc) is 3.12. The van der Waals surface area contributed by atoms with Crippen LogP contribution in [0.2, 0.25) is 0 Å². The van der Waals surface area contributed by atoms with Gasteiger partial charge in [0.05, 0.1) is 38.0 Å². The van der Waals surface area contributed by atoms with Crippen molar-refractivity contribution in [3.63, 3.8) is 0 Å². The van der Waals surface area contributed by atoms with Gasteiger partial charge in [0, 0.05) is 37.3 Å². The molecule has 8 nitrogen and oxygen atoms in total. The van der Waals surface area contributed by atoms with Gasteiger partial charge in [-0.25, -0.2) is 0 Å². The Bertz CT molecular complexity index is 1090. The van der Waals surface area contributed by atoms with E-state index in [-0.39, 0.29) is 17.4 Å². The Balaban J connectivity index is 1.73. The third-order valence-electron chi connectivity index (χ3n) is 6.23. The molecule has 1 N–H and O–H groups in total. The van der Waals surface area contributed by atoms with Crippen LogP contribution in [0.25, 0.3) is 5.76 Å². The zero-order chi connectivity index (χ0) is 24.9. The molecule has 186 valence electrons. The number of likely N-dealkylation sites (tertiary alicyclic amines) is 1. The third-order valence-corrected chi connectivity index (χ3v) is 6.23. The average molecular weight is 481 g/mol. The van der Waals surface area contributed by atoms with E-state index in [4.69, 9.17) is 14.2 Å². The van der Waals surface area contributed by atoms with Crippen molar-refractivity contribution in [3.8, 4) is 11.5 Å². The lowest BCUT2D eigenvalue weighted by molar-refractivity contribution is -0.140. The Hall–Kier alpha value is -3.36. The number of amides is 1. The smallest absolute Gasteiger partial charge is 0.295 e. The highest BCUT2D eigenvalue weighted by molar-refractivity contribution is 6.46. The van der Waals surface area contributed by atoms with Crippen LogP contribution < -0.4 is 9.47 Å². The molecule has 0 radical (unpaired) electrons. The van der Waals surface area contributed by atoms with Crippen LogP contribution in [0.3, 0.4) is 0 Å². The van der Waals surface area contributed by atoms with Gasteiger partial charge in [-0.05, 0) is 44.2 Å². The molecule has 1 unspecified atom stereocenters. The SMILES string of the molecule is COc1ccccc1C1/C(=C(/O)c2ccc(OC(C)C)cc2)C(=O)C(=O)N1CCN1CCOCC1. The van der Waals surface area contributed by atoms with Gasteiger partial charge in [-0.3, -0.25) is 14.5 Å². The van der Waals surface area contributed by atoms with Gasteiger partial charge < -0.3 is 24.2 Å². The number of ether oxygens (including phenoxy) is 3. The molecule has 8 heteroatoms. The molecule has 4 rings (SSSR count). The Morgan fingerprint density at radius 2 is 1.74 bits per heavy atom. The van der Waals surface area contributed by atoms with Crippen molar-refractivity contribution in [1.29, 1.82) is 0 Å². The van der Waals surface area contributed by atoms with Crippen LogP contribution in [0, 0.1) is 0 Å². The van der Waals surface area contributed by atoms with E-state index in [1.165, 1.54) is 4.90 Å². The zero-order valence-corrected chi connectivity index (χ0v) is 20.4. The Morgan fingerprint density at radius 1 is 1.06 bits per heavy atom. The number of nitrogens with zero attached hydrogens (tertiary/aromatic N) is 2. The van der Waals surface area contributed by atoms with E-state index in [0.717, 1.165) is 13.1 Å². The molecule has 2 aromatic rings. The van der Waals surface area contributed by atoms with Crippen molar-refractivity contribution < 1.29 is 28.9 Å². The van der Waals surface area contributed by atoms with Crippen molar-refractivity contribution in [2.75, 3.05) is 46.5 Å². The Kier molecular flexibility index (Phi) is 7.73. The first kappa shape index (κ1) is 24.8. The molecule has 2 aliphatic heterocycles. The van der Waals surface area contributed by atoms with Crippen LogP contribution in [0.4, 0.5) is 0 Å². The summed E-state index contributed by atoms with van der Waals surface area (Å²) in [4.78, 5) is 30.2. The lowest BCUT2D eigenvalue weighted by Gasteiger charge is -2.31. The molecule has 1 atom stereocenters. The highest BCUT2D eigenvalue weighted by Crippen LogP contribution is 2.42. The van der Waals surface area contributed by atoms with Crippen LogP contribution in [-0.2, 0) is 14.3 Å². The molecule has 2 aromatic carbocycles. The van der Waals surface area contributed by atoms with Crippen molar-refractivity contribution >= 4 is 17.4 Å². The van der Waals surface area contributed by atoms with Gasteiger partial charge in [-0.15, -0.1) is 0 Å². The van der Waals surface area contributed by atoms with Crippen molar-refractivity contribution in [3.05, 3.63) is 65.2 Å². The van der Waals surface area contributed by atoms with Gasteiger partial charge in [-0.2, -0.15) is 0 Å². The number of hydrogen-bond acceptors (Lipinski definition) is 7. The maximum atomic E-state index is 13.3. The standard InChI is InChI=1S/C27H32N2O6/c1-18(2)35-20-10-8-19(9-11-20)25(30)23-24(21-6-4-5-7-22(21)33-3)29(27(32)26(23)31)13-12-28-14-16-34-17-15-28/h4-11,18,24,30H,12-17H2,1-3H3/b25-23-. The molecular formula is C27H32N2O6. The number of Topliss-reactive ketones (excluding diaryl/α,β-unsaturated/α-hetero) is 1. The number of aliphatic hydroxyl groups is 1. The summed E-state index contributed by atoms with van der Waals surface area (Å²) in [6.45, 7) is 7.63. The fraction of sp³-hybridized carbons (Fsp3) is 0.407. The predicted octanol–water partition coefficient (Wildman–Crippen LogP) is 3.24. The van der Waals surface area contributed by atoms with Gasteiger partial charge in [0.15, 0.2) is 0 Å². The second-order valence-electron chi connectivity index (χ2n) is 8.88. The number of morpholine rings is 1. The second kappa shape index (κ2) is 10.9. The molecule has 0 bridgehead atoms. The predicted molar refractivity (Wildman–Crippen MR) is 131 cm³/mol. The molecule has 0 saturated carbocycles. The van der Waals surface area contributed by atoms with E-state index in [2.05, 4.69) is 4.90 Å². The molecule has 0 aromatic heterocycles. The summed E-state index contributed by atoms with van der Waals surface area (Å²) in [5.41, 5.74) is 1.14. The largest absolute Gasteiger partial charge is 0.507 e. The van der Waals surface area contributed by atoms with Crippen molar-refractivity contribution in [1.82, 2.24) is 9.80 Å². The maximum Gasteiger partial charge on any atom is 0.295 e. The highest BCUT2D eigenvalue weighted by Gasteiger charge is 2.47. The minimum Gasteiger partial charge on any atom is -0.507 e. The quantitative estimate of drug-likeness (QED) is 0.353. The monoisotopic (exact) mass is 480 g/mol. The number of carbonyl (C=O) groups is 2. The number of aliphatic hydroxyl groups excluding tert-OH is 1. The maximum absolute atomic E-state index is 13.3. The van der Waals surface area contributed by atoms with Crippen LogP contribution >= 0.6 is 0 Å². The van der Waals surface area contributed by atoms with Gasteiger partial charge in [0.2, 0.25) is 0 Å². The van der Waals surface area contributed by atoms with Gasteiger partial charge >= 0.3 is 0 Å². The number of ketones is 1. The molecule has 0 spiro atoms. The van der Waals surface area contributed by atoms with E-state index < -0.39 is 17.7 Å². The number of rotatable bonds is 8. The van der Waals surface area contributed by atoms with Crippen molar-refractivity contribution in [2.24, 2.45) is 0 Å².